The van der Waals surface area contributed by atoms with E-state index >= 15 is 0 Å². The maximum absolute atomic E-state index is 13.0. The maximum atomic E-state index is 13.0. The standard InChI is InChI=1S/C13H11F4NO/c1-8(19)6-9(4-5-18)11-3-2-10(14)7-12(11)13(15,16)17/h2-3,7,9H,4,6H2,1H3. The minimum Gasteiger partial charge on any atom is -0.300 e. The van der Waals surface area contributed by atoms with Gasteiger partial charge in [-0.05, 0) is 24.6 Å². The van der Waals surface area contributed by atoms with E-state index in [1.807, 2.05) is 0 Å². The molecule has 0 aliphatic carbocycles. The molecule has 1 aromatic rings. The summed E-state index contributed by atoms with van der Waals surface area (Å²) >= 11 is 0. The Balaban J connectivity index is 3.30. The predicted molar refractivity (Wildman–Crippen MR) is 59.7 cm³/mol. The maximum Gasteiger partial charge on any atom is 0.416 e. The lowest BCUT2D eigenvalue weighted by Crippen LogP contribution is -2.14. The van der Waals surface area contributed by atoms with Gasteiger partial charge in [-0.15, -0.1) is 0 Å². The van der Waals surface area contributed by atoms with E-state index in [-0.39, 0.29) is 24.2 Å². The van der Waals surface area contributed by atoms with Gasteiger partial charge < -0.3 is 4.79 Å². The molecule has 0 saturated heterocycles. The number of ketones is 1. The first-order valence-electron chi connectivity index (χ1n) is 5.48. The van der Waals surface area contributed by atoms with Crippen LogP contribution in [0.1, 0.15) is 36.8 Å². The number of benzene rings is 1. The van der Waals surface area contributed by atoms with Crippen LogP contribution in [0.15, 0.2) is 18.2 Å². The number of hydrogen-bond acceptors (Lipinski definition) is 2. The third kappa shape index (κ3) is 4.05. The fourth-order valence-corrected chi connectivity index (χ4v) is 1.88. The van der Waals surface area contributed by atoms with Crippen LogP contribution in [-0.2, 0) is 11.0 Å². The van der Waals surface area contributed by atoms with Crippen LogP contribution in [-0.4, -0.2) is 5.78 Å². The Morgan fingerprint density at radius 1 is 1.42 bits per heavy atom. The van der Waals surface area contributed by atoms with E-state index in [1.165, 1.54) is 6.92 Å². The molecule has 6 heteroatoms. The molecule has 1 unspecified atom stereocenters. The second-order valence-corrected chi connectivity index (χ2v) is 4.19. The fourth-order valence-electron chi connectivity index (χ4n) is 1.88. The van der Waals surface area contributed by atoms with Crippen molar-refractivity contribution in [3.8, 4) is 6.07 Å². The van der Waals surface area contributed by atoms with Crippen molar-refractivity contribution in [3.05, 3.63) is 35.1 Å². The highest BCUT2D eigenvalue weighted by molar-refractivity contribution is 5.76. The largest absolute Gasteiger partial charge is 0.416 e. The lowest BCUT2D eigenvalue weighted by atomic mass is 9.88. The van der Waals surface area contributed by atoms with Crippen LogP contribution in [0.4, 0.5) is 17.6 Å². The van der Waals surface area contributed by atoms with E-state index in [4.69, 9.17) is 5.26 Å². The molecule has 0 bridgehead atoms. The van der Waals surface area contributed by atoms with Crippen molar-refractivity contribution >= 4 is 5.78 Å². The van der Waals surface area contributed by atoms with Crippen molar-refractivity contribution in [2.24, 2.45) is 0 Å². The van der Waals surface area contributed by atoms with Crippen LogP contribution in [0.3, 0.4) is 0 Å². The van der Waals surface area contributed by atoms with Crippen molar-refractivity contribution in [3.63, 3.8) is 0 Å². The van der Waals surface area contributed by atoms with E-state index in [9.17, 15) is 22.4 Å². The first kappa shape index (κ1) is 15.2. The summed E-state index contributed by atoms with van der Waals surface area (Å²) in [6.07, 6.45) is -5.13. The number of carbonyl (C=O) groups is 1. The highest BCUT2D eigenvalue weighted by Gasteiger charge is 2.35. The van der Waals surface area contributed by atoms with Crippen LogP contribution in [0.2, 0.25) is 0 Å². The molecule has 1 aromatic carbocycles. The zero-order chi connectivity index (χ0) is 14.6. The van der Waals surface area contributed by atoms with Crippen molar-refractivity contribution in [1.82, 2.24) is 0 Å². The molecule has 0 aliphatic rings. The lowest BCUT2D eigenvalue weighted by Gasteiger charge is -2.19. The molecule has 2 nitrogen and oxygen atoms in total. The Morgan fingerprint density at radius 2 is 2.05 bits per heavy atom. The number of nitrogens with zero attached hydrogens (tertiary/aromatic N) is 1. The summed E-state index contributed by atoms with van der Waals surface area (Å²) in [6.45, 7) is 1.24. The molecule has 0 saturated carbocycles. The van der Waals surface area contributed by atoms with E-state index < -0.39 is 23.5 Å². The normalized spacial score (nSPS) is 12.8. The van der Waals surface area contributed by atoms with Gasteiger partial charge in [0.25, 0.3) is 0 Å². The van der Waals surface area contributed by atoms with E-state index in [2.05, 4.69) is 0 Å². The molecule has 1 rings (SSSR count). The highest BCUT2D eigenvalue weighted by Crippen LogP contribution is 2.37. The molecule has 1 atom stereocenters. The molecule has 0 aromatic heterocycles. The number of carbonyl (C=O) groups excluding carboxylic acids is 1. The van der Waals surface area contributed by atoms with Crippen LogP contribution in [0.25, 0.3) is 0 Å². The molecule has 102 valence electrons. The van der Waals surface area contributed by atoms with Gasteiger partial charge in [0.15, 0.2) is 0 Å². The van der Waals surface area contributed by atoms with Crippen LogP contribution in [0, 0.1) is 17.1 Å². The predicted octanol–water partition coefficient (Wildman–Crippen LogP) is 3.82. The Kier molecular flexibility index (Phi) is 4.65. The lowest BCUT2D eigenvalue weighted by molar-refractivity contribution is -0.138. The van der Waals surface area contributed by atoms with Crippen molar-refractivity contribution in [2.75, 3.05) is 0 Å². The zero-order valence-corrected chi connectivity index (χ0v) is 10.1. The summed E-state index contributed by atoms with van der Waals surface area (Å²) in [4.78, 5) is 11.1. The summed E-state index contributed by atoms with van der Waals surface area (Å²) in [5.74, 6) is -2.20. The number of hydrogen-bond donors (Lipinski definition) is 0. The van der Waals surface area contributed by atoms with Crippen molar-refractivity contribution in [2.45, 2.75) is 31.9 Å². The molecule has 0 radical (unpaired) electrons. The average Bonchev–Trinajstić information content (AvgIpc) is 2.26. The molecule has 0 N–H and O–H groups in total. The summed E-state index contributed by atoms with van der Waals surface area (Å²) in [7, 11) is 0. The third-order valence-electron chi connectivity index (χ3n) is 2.63. The van der Waals surface area contributed by atoms with Gasteiger partial charge >= 0.3 is 6.18 Å². The quantitative estimate of drug-likeness (QED) is 0.782. The van der Waals surface area contributed by atoms with Crippen molar-refractivity contribution < 1.29 is 22.4 Å². The molecule has 0 fully saturated rings. The van der Waals surface area contributed by atoms with Gasteiger partial charge in [-0.2, -0.15) is 18.4 Å². The summed E-state index contributed by atoms with van der Waals surface area (Å²) in [6, 6.07) is 4.03. The first-order valence-corrected chi connectivity index (χ1v) is 5.48. The van der Waals surface area contributed by atoms with Gasteiger partial charge in [0, 0.05) is 18.8 Å². The van der Waals surface area contributed by atoms with E-state index in [0.717, 1.165) is 12.1 Å². The zero-order valence-electron chi connectivity index (χ0n) is 10.1. The van der Waals surface area contributed by atoms with Gasteiger partial charge in [-0.25, -0.2) is 4.39 Å². The molecular formula is C13H11F4NO. The van der Waals surface area contributed by atoms with Gasteiger partial charge in [-0.3, -0.25) is 0 Å². The van der Waals surface area contributed by atoms with E-state index in [1.54, 1.807) is 6.07 Å². The molecule has 19 heavy (non-hydrogen) atoms. The van der Waals surface area contributed by atoms with Gasteiger partial charge in [-0.1, -0.05) is 6.07 Å². The van der Waals surface area contributed by atoms with Gasteiger partial charge in [0.1, 0.15) is 11.6 Å². The number of nitriles is 1. The van der Waals surface area contributed by atoms with Crippen LogP contribution >= 0.6 is 0 Å². The Labute approximate surface area is 107 Å². The monoisotopic (exact) mass is 273 g/mol. The van der Waals surface area contributed by atoms with Crippen LogP contribution < -0.4 is 0 Å². The van der Waals surface area contributed by atoms with Gasteiger partial charge in [0.05, 0.1) is 11.6 Å². The molecule has 0 spiro atoms. The van der Waals surface area contributed by atoms with E-state index in [0.29, 0.717) is 6.07 Å². The minimum atomic E-state index is -4.72. The Morgan fingerprint density at radius 3 is 2.53 bits per heavy atom. The minimum absolute atomic E-state index is 0.178. The SMILES string of the molecule is CC(=O)CC(CC#N)c1ccc(F)cc1C(F)(F)F. The van der Waals surface area contributed by atoms with Crippen LogP contribution in [0.5, 0.6) is 0 Å². The third-order valence-corrected chi connectivity index (χ3v) is 2.63. The van der Waals surface area contributed by atoms with Gasteiger partial charge in [0.2, 0.25) is 0 Å². The fraction of sp³-hybridized carbons (Fsp3) is 0.385. The topological polar surface area (TPSA) is 40.9 Å². The van der Waals surface area contributed by atoms with Crippen molar-refractivity contribution in [1.29, 1.82) is 5.26 Å². The Hall–Kier alpha value is -1.90. The number of rotatable bonds is 4. The highest BCUT2D eigenvalue weighted by atomic mass is 19.4. The smallest absolute Gasteiger partial charge is 0.300 e. The molecular weight excluding hydrogens is 262 g/mol. The molecule has 0 amide bonds. The summed E-state index contributed by atoms with van der Waals surface area (Å²) in [5, 5.41) is 8.64. The first-order chi connectivity index (χ1) is 8.75. The summed E-state index contributed by atoms with van der Waals surface area (Å²) in [5.41, 5.74) is -1.35. The number of alkyl halides is 3. The second kappa shape index (κ2) is 5.83. The average molecular weight is 273 g/mol. The number of halogens is 4. The second-order valence-electron chi connectivity index (χ2n) is 4.19. The Bertz CT molecular complexity index is 516. The summed E-state index contributed by atoms with van der Waals surface area (Å²) < 4.78 is 51.5. The number of Topliss-reactive ketones (excluding diaryl/α,β-unsaturated/α-hetero) is 1. The molecule has 0 aliphatic heterocycles. The molecule has 0 heterocycles.